The van der Waals surface area contributed by atoms with Crippen molar-refractivity contribution in [3.05, 3.63) is 28.3 Å². The third-order valence-electron chi connectivity index (χ3n) is 2.25. The molecule has 106 valence electrons. The van der Waals surface area contributed by atoms with Gasteiger partial charge in [-0.2, -0.15) is 0 Å². The quantitative estimate of drug-likeness (QED) is 0.446. The number of hydrogen-bond donors (Lipinski definition) is 1. The van der Waals surface area contributed by atoms with Crippen LogP contribution in [-0.4, -0.2) is 40.7 Å². The average Bonchev–Trinajstić information content (AvgIpc) is 2.38. The van der Waals surface area contributed by atoms with Crippen LogP contribution < -0.4 is 9.46 Å². The molecule has 0 unspecified atom stereocenters. The molecule has 0 aliphatic rings. The first-order valence-electron chi connectivity index (χ1n) is 5.23. The fraction of sp³-hybridized carbons (Fsp3) is 0.400. The predicted molar refractivity (Wildman–Crippen MR) is 66.7 cm³/mol. The second-order valence-corrected chi connectivity index (χ2v) is 5.22. The summed E-state index contributed by atoms with van der Waals surface area (Å²) in [6, 6.07) is 3.37. The van der Waals surface area contributed by atoms with Crippen LogP contribution in [0.1, 0.15) is 0 Å². The zero-order chi connectivity index (χ0) is 14.5. The van der Waals surface area contributed by atoms with Gasteiger partial charge in [0.2, 0.25) is 10.0 Å². The molecule has 19 heavy (non-hydrogen) atoms. The van der Waals surface area contributed by atoms with Gasteiger partial charge in [0.15, 0.2) is 0 Å². The van der Waals surface area contributed by atoms with Crippen molar-refractivity contribution in [3.63, 3.8) is 0 Å². The average molecular weight is 290 g/mol. The van der Waals surface area contributed by atoms with Crippen molar-refractivity contribution < 1.29 is 22.8 Å². The van der Waals surface area contributed by atoms with Crippen molar-refractivity contribution in [2.24, 2.45) is 0 Å². The number of benzene rings is 1. The van der Waals surface area contributed by atoms with Crippen LogP contribution >= 0.6 is 0 Å². The van der Waals surface area contributed by atoms with E-state index < -0.39 is 14.9 Å². The topological polar surface area (TPSA) is 108 Å². The fourth-order valence-corrected chi connectivity index (χ4v) is 2.54. The van der Waals surface area contributed by atoms with E-state index in [9.17, 15) is 18.5 Å². The summed E-state index contributed by atoms with van der Waals surface area (Å²) in [5.74, 6) is 0.0375. The lowest BCUT2D eigenvalue weighted by Crippen LogP contribution is -2.27. The van der Waals surface area contributed by atoms with Crippen LogP contribution in [0.3, 0.4) is 0 Å². The van der Waals surface area contributed by atoms with Crippen molar-refractivity contribution in [1.29, 1.82) is 0 Å². The minimum absolute atomic E-state index is 0.0375. The molecule has 0 bridgehead atoms. The van der Waals surface area contributed by atoms with E-state index in [1.165, 1.54) is 26.4 Å². The fourth-order valence-electron chi connectivity index (χ4n) is 1.34. The number of ether oxygens (including phenoxy) is 2. The van der Waals surface area contributed by atoms with Gasteiger partial charge in [0.1, 0.15) is 10.6 Å². The van der Waals surface area contributed by atoms with Crippen molar-refractivity contribution in [3.8, 4) is 5.75 Å². The molecule has 0 atom stereocenters. The Morgan fingerprint density at radius 1 is 1.37 bits per heavy atom. The number of nitro groups is 1. The van der Waals surface area contributed by atoms with E-state index in [1.54, 1.807) is 0 Å². The summed E-state index contributed by atoms with van der Waals surface area (Å²) in [6.07, 6.45) is 0. The summed E-state index contributed by atoms with van der Waals surface area (Å²) in [4.78, 5) is 9.72. The van der Waals surface area contributed by atoms with Gasteiger partial charge in [-0.15, -0.1) is 0 Å². The number of hydrogen-bond acceptors (Lipinski definition) is 6. The number of methoxy groups -OCH3 is 2. The van der Waals surface area contributed by atoms with Crippen molar-refractivity contribution >= 4 is 15.7 Å². The van der Waals surface area contributed by atoms with Crippen molar-refractivity contribution in [2.75, 3.05) is 27.4 Å². The van der Waals surface area contributed by atoms with Crippen molar-refractivity contribution in [1.82, 2.24) is 4.72 Å². The predicted octanol–water partition coefficient (Wildman–Crippen LogP) is 0.528. The molecule has 0 amide bonds. The van der Waals surface area contributed by atoms with Gasteiger partial charge < -0.3 is 9.47 Å². The second-order valence-electron chi connectivity index (χ2n) is 3.48. The monoisotopic (exact) mass is 290 g/mol. The maximum absolute atomic E-state index is 12.0. The second kappa shape index (κ2) is 6.45. The molecule has 0 saturated heterocycles. The number of nitro benzene ring substituents is 1. The summed E-state index contributed by atoms with van der Waals surface area (Å²) in [6.45, 7) is 0.251. The minimum atomic E-state index is -3.89. The van der Waals surface area contributed by atoms with Crippen molar-refractivity contribution in [2.45, 2.75) is 4.90 Å². The van der Waals surface area contributed by atoms with Crippen LogP contribution in [0, 0.1) is 10.1 Å². The molecular formula is C10H14N2O6S. The van der Waals surface area contributed by atoms with E-state index in [1.807, 2.05) is 0 Å². The molecule has 0 aliphatic carbocycles. The number of nitrogens with zero attached hydrogens (tertiary/aromatic N) is 1. The van der Waals surface area contributed by atoms with E-state index in [-0.39, 0.29) is 29.5 Å². The standard InChI is InChI=1S/C10H14N2O6S/c1-17-6-5-11-19(15,16)10-7-8(12(13)14)3-4-9(10)18-2/h3-4,7,11H,5-6H2,1-2H3. The molecule has 0 radical (unpaired) electrons. The molecule has 8 nitrogen and oxygen atoms in total. The largest absolute Gasteiger partial charge is 0.495 e. The Bertz CT molecular complexity index is 557. The third kappa shape index (κ3) is 3.88. The summed E-state index contributed by atoms with van der Waals surface area (Å²) in [5, 5.41) is 10.7. The van der Waals surface area contributed by atoms with Gasteiger partial charge in [0.05, 0.1) is 18.6 Å². The molecular weight excluding hydrogens is 276 g/mol. The summed E-state index contributed by atoms with van der Waals surface area (Å²) in [5.41, 5.74) is -0.326. The van der Waals surface area contributed by atoms with Crippen LogP contribution in [0.2, 0.25) is 0 Å². The Kier molecular flexibility index (Phi) is 5.21. The number of sulfonamides is 1. The molecule has 0 aromatic heterocycles. The Morgan fingerprint density at radius 3 is 2.58 bits per heavy atom. The van der Waals surface area contributed by atoms with E-state index in [2.05, 4.69) is 4.72 Å². The Morgan fingerprint density at radius 2 is 2.05 bits per heavy atom. The van der Waals surface area contributed by atoms with Gasteiger partial charge in [0, 0.05) is 25.8 Å². The Labute approximate surface area is 110 Å². The normalized spacial score (nSPS) is 11.3. The van der Waals surface area contributed by atoms with E-state index in [0.717, 1.165) is 6.07 Å². The molecule has 0 aliphatic heterocycles. The lowest BCUT2D eigenvalue weighted by Gasteiger charge is -2.10. The smallest absolute Gasteiger partial charge is 0.271 e. The zero-order valence-electron chi connectivity index (χ0n) is 10.5. The molecule has 1 aromatic rings. The van der Waals surface area contributed by atoms with Gasteiger partial charge in [-0.05, 0) is 6.07 Å². The number of non-ortho nitro benzene ring substituents is 1. The summed E-state index contributed by atoms with van der Waals surface area (Å²) < 4.78 is 35.9. The molecule has 0 saturated carbocycles. The summed E-state index contributed by atoms with van der Waals surface area (Å²) >= 11 is 0. The minimum Gasteiger partial charge on any atom is -0.495 e. The highest BCUT2D eigenvalue weighted by Crippen LogP contribution is 2.27. The lowest BCUT2D eigenvalue weighted by atomic mass is 10.3. The van der Waals surface area contributed by atoms with Crippen LogP contribution in [-0.2, 0) is 14.8 Å². The Hall–Kier alpha value is -1.71. The lowest BCUT2D eigenvalue weighted by molar-refractivity contribution is -0.385. The molecule has 1 rings (SSSR count). The third-order valence-corrected chi connectivity index (χ3v) is 3.73. The molecule has 0 heterocycles. The van der Waals surface area contributed by atoms with Gasteiger partial charge in [-0.1, -0.05) is 0 Å². The van der Waals surface area contributed by atoms with Crippen LogP contribution in [0.5, 0.6) is 5.75 Å². The molecule has 1 N–H and O–H groups in total. The zero-order valence-corrected chi connectivity index (χ0v) is 11.3. The van der Waals surface area contributed by atoms with Crippen LogP contribution in [0.25, 0.3) is 0 Å². The molecule has 0 spiro atoms. The first kappa shape index (κ1) is 15.3. The van der Waals surface area contributed by atoms with Gasteiger partial charge in [-0.25, -0.2) is 13.1 Å². The maximum atomic E-state index is 12.0. The SMILES string of the molecule is COCCNS(=O)(=O)c1cc([N+](=O)[O-])ccc1OC. The van der Waals surface area contributed by atoms with Gasteiger partial charge in [0.25, 0.3) is 5.69 Å². The first-order valence-corrected chi connectivity index (χ1v) is 6.71. The van der Waals surface area contributed by atoms with Crippen LogP contribution in [0.15, 0.2) is 23.1 Å². The van der Waals surface area contributed by atoms with Gasteiger partial charge in [-0.3, -0.25) is 10.1 Å². The molecule has 0 fully saturated rings. The van der Waals surface area contributed by atoms with Gasteiger partial charge >= 0.3 is 0 Å². The summed E-state index contributed by atoms with van der Waals surface area (Å²) in [7, 11) is -1.17. The van der Waals surface area contributed by atoms with E-state index in [0.29, 0.717) is 0 Å². The van der Waals surface area contributed by atoms with E-state index >= 15 is 0 Å². The first-order chi connectivity index (χ1) is 8.92. The highest BCUT2D eigenvalue weighted by atomic mass is 32.2. The Balaban J connectivity index is 3.15. The van der Waals surface area contributed by atoms with Crippen LogP contribution in [0.4, 0.5) is 5.69 Å². The highest BCUT2D eigenvalue weighted by molar-refractivity contribution is 7.89. The maximum Gasteiger partial charge on any atom is 0.271 e. The highest BCUT2D eigenvalue weighted by Gasteiger charge is 2.22. The number of rotatable bonds is 7. The number of nitrogens with one attached hydrogen (secondary N) is 1. The molecule has 1 aromatic carbocycles. The van der Waals surface area contributed by atoms with E-state index in [4.69, 9.17) is 9.47 Å². The molecule has 9 heteroatoms.